The Balaban J connectivity index is 2.41. The number of nitrogens with two attached hydrogens (primary N) is 1. The van der Waals surface area contributed by atoms with E-state index in [-0.39, 0.29) is 0 Å². The maximum absolute atomic E-state index is 9.22. The summed E-state index contributed by atoms with van der Waals surface area (Å²) < 4.78 is 2.21. The molecule has 0 saturated heterocycles. The fraction of sp³-hybridized carbons (Fsp3) is 0.643. The van der Waals surface area contributed by atoms with Crippen molar-refractivity contribution in [3.05, 3.63) is 17.5 Å². The van der Waals surface area contributed by atoms with Gasteiger partial charge in [0.15, 0.2) is 0 Å². The number of nitriles is 1. The van der Waals surface area contributed by atoms with Crippen LogP contribution in [0.15, 0.2) is 6.07 Å². The van der Waals surface area contributed by atoms with Crippen LogP contribution >= 0.6 is 0 Å². The smallest absolute Gasteiger partial charge is 0.122 e. The lowest BCUT2D eigenvalue weighted by Crippen LogP contribution is -2.13. The first-order valence-electron chi connectivity index (χ1n) is 6.53. The number of hydrogen-bond donors (Lipinski definition) is 1. The summed E-state index contributed by atoms with van der Waals surface area (Å²) in [6, 6.07) is 4.63. The molecule has 0 spiro atoms. The van der Waals surface area contributed by atoms with Crippen molar-refractivity contribution < 1.29 is 0 Å². The number of anilines is 1. The van der Waals surface area contributed by atoms with Gasteiger partial charge in [0.1, 0.15) is 11.8 Å². The van der Waals surface area contributed by atoms with E-state index in [2.05, 4.69) is 24.5 Å². The van der Waals surface area contributed by atoms with E-state index in [9.17, 15) is 5.26 Å². The molecule has 3 nitrogen and oxygen atoms in total. The number of aromatic nitrogens is 1. The molecule has 3 heteroatoms. The first-order valence-corrected chi connectivity index (χ1v) is 6.53. The second-order valence-corrected chi connectivity index (χ2v) is 5.45. The lowest BCUT2D eigenvalue weighted by Gasteiger charge is -2.19. The van der Waals surface area contributed by atoms with Crippen LogP contribution in [0.2, 0.25) is 0 Å². The number of hydrogen-bond acceptors (Lipinski definition) is 2. The van der Waals surface area contributed by atoms with Gasteiger partial charge in [-0.2, -0.15) is 5.26 Å². The van der Waals surface area contributed by atoms with E-state index < -0.39 is 0 Å². The second-order valence-electron chi connectivity index (χ2n) is 5.45. The van der Waals surface area contributed by atoms with Crippen LogP contribution in [0.3, 0.4) is 0 Å². The quantitative estimate of drug-likeness (QED) is 0.868. The van der Waals surface area contributed by atoms with E-state index in [1.807, 2.05) is 6.07 Å². The minimum Gasteiger partial charge on any atom is -0.397 e. The molecule has 1 aromatic heterocycles. The molecule has 2 rings (SSSR count). The van der Waals surface area contributed by atoms with Gasteiger partial charge < -0.3 is 10.3 Å². The van der Waals surface area contributed by atoms with E-state index in [1.54, 1.807) is 0 Å². The van der Waals surface area contributed by atoms with Crippen LogP contribution in [0.5, 0.6) is 0 Å². The van der Waals surface area contributed by atoms with E-state index >= 15 is 0 Å². The van der Waals surface area contributed by atoms with Crippen LogP contribution in [-0.4, -0.2) is 4.57 Å². The van der Waals surface area contributed by atoms with Crippen LogP contribution in [0.25, 0.3) is 0 Å². The van der Waals surface area contributed by atoms with E-state index in [1.165, 1.54) is 31.4 Å². The van der Waals surface area contributed by atoms with E-state index in [0.29, 0.717) is 12.0 Å². The first-order chi connectivity index (χ1) is 8.13. The monoisotopic (exact) mass is 231 g/mol. The van der Waals surface area contributed by atoms with E-state index in [0.717, 1.165) is 17.8 Å². The lowest BCUT2D eigenvalue weighted by atomic mass is 10.1. The Morgan fingerprint density at radius 1 is 1.47 bits per heavy atom. The van der Waals surface area contributed by atoms with Gasteiger partial charge in [-0.25, -0.2) is 0 Å². The topological polar surface area (TPSA) is 54.7 Å². The van der Waals surface area contributed by atoms with Crippen molar-refractivity contribution in [1.82, 2.24) is 4.57 Å². The standard InChI is InChI=1S/C14H21N3/c1-10(2)7-14-13(16)8-12(9-15)17(14)11-5-3-4-6-11/h8,10-11H,3-7,16H2,1-2H3. The van der Waals surface area contributed by atoms with Crippen molar-refractivity contribution in [2.75, 3.05) is 5.73 Å². The molecule has 2 N–H and O–H groups in total. The number of nitrogens with zero attached hydrogens (tertiary/aromatic N) is 2. The Morgan fingerprint density at radius 3 is 2.65 bits per heavy atom. The van der Waals surface area contributed by atoms with Crippen molar-refractivity contribution in [1.29, 1.82) is 5.26 Å². The molecule has 0 bridgehead atoms. The molecule has 17 heavy (non-hydrogen) atoms. The average Bonchev–Trinajstić information content (AvgIpc) is 2.87. The highest BCUT2D eigenvalue weighted by Crippen LogP contribution is 2.35. The molecule has 1 saturated carbocycles. The van der Waals surface area contributed by atoms with Gasteiger partial charge in [-0.1, -0.05) is 26.7 Å². The second kappa shape index (κ2) is 4.83. The summed E-state index contributed by atoms with van der Waals surface area (Å²) in [6.45, 7) is 4.38. The molecular formula is C14H21N3. The average molecular weight is 231 g/mol. The third kappa shape index (κ3) is 2.31. The summed E-state index contributed by atoms with van der Waals surface area (Å²) >= 11 is 0. The molecule has 1 fully saturated rings. The van der Waals surface area contributed by atoms with Crippen molar-refractivity contribution in [2.45, 2.75) is 52.0 Å². The molecule has 0 radical (unpaired) electrons. The Kier molecular flexibility index (Phi) is 3.42. The largest absolute Gasteiger partial charge is 0.397 e. The SMILES string of the molecule is CC(C)Cc1c(N)cc(C#N)n1C1CCCC1. The Bertz CT molecular complexity index is 431. The van der Waals surface area contributed by atoms with Crippen LogP contribution in [0.1, 0.15) is 57.0 Å². The molecule has 0 amide bonds. The van der Waals surface area contributed by atoms with E-state index in [4.69, 9.17) is 5.73 Å². The summed E-state index contributed by atoms with van der Waals surface area (Å²) in [4.78, 5) is 0. The molecule has 0 unspecified atom stereocenters. The van der Waals surface area contributed by atoms with Gasteiger partial charge in [0.2, 0.25) is 0 Å². The maximum Gasteiger partial charge on any atom is 0.122 e. The summed E-state index contributed by atoms with van der Waals surface area (Å²) in [5.41, 5.74) is 8.77. The Morgan fingerprint density at radius 2 is 2.12 bits per heavy atom. The number of nitrogen functional groups attached to an aromatic ring is 1. The molecule has 1 aromatic rings. The van der Waals surface area contributed by atoms with Crippen molar-refractivity contribution in [3.63, 3.8) is 0 Å². The van der Waals surface area contributed by atoms with Crippen LogP contribution in [0.4, 0.5) is 5.69 Å². The zero-order valence-corrected chi connectivity index (χ0v) is 10.7. The third-order valence-corrected chi connectivity index (χ3v) is 3.58. The Labute approximate surface area is 103 Å². The number of rotatable bonds is 3. The summed E-state index contributed by atoms with van der Waals surface area (Å²) in [6.07, 6.45) is 5.88. The van der Waals surface area contributed by atoms with Crippen molar-refractivity contribution in [3.8, 4) is 6.07 Å². The highest BCUT2D eigenvalue weighted by Gasteiger charge is 2.23. The zero-order valence-electron chi connectivity index (χ0n) is 10.7. The lowest BCUT2D eigenvalue weighted by molar-refractivity contribution is 0.483. The Hall–Kier alpha value is -1.43. The minimum absolute atomic E-state index is 0.496. The predicted molar refractivity (Wildman–Crippen MR) is 69.6 cm³/mol. The van der Waals surface area contributed by atoms with Gasteiger partial charge >= 0.3 is 0 Å². The summed E-state index contributed by atoms with van der Waals surface area (Å²) in [5.74, 6) is 0.568. The maximum atomic E-state index is 9.22. The predicted octanol–water partition coefficient (Wildman–Crippen LogP) is 3.26. The van der Waals surface area contributed by atoms with Gasteiger partial charge in [0.25, 0.3) is 0 Å². The van der Waals surface area contributed by atoms with Gasteiger partial charge in [0, 0.05) is 11.7 Å². The molecule has 0 aromatic carbocycles. The van der Waals surface area contributed by atoms with Crippen LogP contribution in [0, 0.1) is 17.2 Å². The van der Waals surface area contributed by atoms with Gasteiger partial charge in [0.05, 0.1) is 5.69 Å². The molecule has 92 valence electrons. The molecule has 0 aliphatic heterocycles. The van der Waals surface area contributed by atoms with Gasteiger partial charge in [-0.15, -0.1) is 0 Å². The highest BCUT2D eigenvalue weighted by molar-refractivity contribution is 5.51. The first kappa shape index (κ1) is 12.0. The molecule has 1 heterocycles. The fourth-order valence-electron chi connectivity index (χ4n) is 2.85. The molecular weight excluding hydrogens is 210 g/mol. The molecule has 0 atom stereocenters. The van der Waals surface area contributed by atoms with Crippen LogP contribution in [-0.2, 0) is 6.42 Å². The van der Waals surface area contributed by atoms with Gasteiger partial charge in [-0.3, -0.25) is 0 Å². The van der Waals surface area contributed by atoms with Crippen LogP contribution < -0.4 is 5.73 Å². The summed E-state index contributed by atoms with van der Waals surface area (Å²) in [7, 11) is 0. The molecule has 1 aliphatic carbocycles. The van der Waals surface area contributed by atoms with Crippen molar-refractivity contribution >= 4 is 5.69 Å². The normalized spacial score (nSPS) is 16.6. The fourth-order valence-corrected chi connectivity index (χ4v) is 2.85. The highest BCUT2D eigenvalue weighted by atomic mass is 15.0. The van der Waals surface area contributed by atoms with Gasteiger partial charge in [-0.05, 0) is 31.2 Å². The van der Waals surface area contributed by atoms with Crippen molar-refractivity contribution in [2.24, 2.45) is 5.92 Å². The zero-order chi connectivity index (χ0) is 12.4. The third-order valence-electron chi connectivity index (χ3n) is 3.58. The summed E-state index contributed by atoms with van der Waals surface area (Å²) in [5, 5.41) is 9.22. The molecule has 1 aliphatic rings. The minimum atomic E-state index is 0.496.